The number of hydrogen-bond acceptors (Lipinski definition) is 6. The number of carbonyl (C=O) groups excluding carboxylic acids is 2. The molecular formula is C30H32F3N5O3. The standard InChI is InChI=1S/C30H32F3N5O3/c1-29(20-11-6-5-7-12-20,26(39)19-37(4)22-14-10-13-21(17-22)36(2)3)34-28(41)24-18-27(40)38(35-24)25-16-9-8-15-23(25)30(31,32)33/h5-17,26,39H,18-19H2,1-4H3,(H,34,41)/t26-,29+/m1/s1. The predicted octanol–water partition coefficient (Wildman–Crippen LogP) is 4.39. The molecule has 41 heavy (non-hydrogen) atoms. The van der Waals surface area contributed by atoms with Crippen molar-refractivity contribution in [2.24, 2.45) is 5.10 Å². The van der Waals surface area contributed by atoms with Crippen LogP contribution in [-0.4, -0.2) is 56.4 Å². The first kappa shape index (κ1) is 29.6. The van der Waals surface area contributed by atoms with Crippen LogP contribution in [0.3, 0.4) is 0 Å². The number of hydrazone groups is 1. The predicted molar refractivity (Wildman–Crippen MR) is 153 cm³/mol. The Balaban J connectivity index is 1.61. The van der Waals surface area contributed by atoms with E-state index in [2.05, 4.69) is 10.4 Å². The second kappa shape index (κ2) is 11.6. The summed E-state index contributed by atoms with van der Waals surface area (Å²) in [4.78, 5) is 30.0. The number of likely N-dealkylation sites (N-methyl/N-ethyl adjacent to an activating group) is 1. The molecule has 4 rings (SSSR count). The molecule has 0 saturated heterocycles. The highest BCUT2D eigenvalue weighted by atomic mass is 19.4. The van der Waals surface area contributed by atoms with Gasteiger partial charge in [-0.25, -0.2) is 0 Å². The van der Waals surface area contributed by atoms with E-state index in [1.165, 1.54) is 12.1 Å². The fourth-order valence-electron chi connectivity index (χ4n) is 4.64. The number of anilines is 3. The Bertz CT molecular complexity index is 1440. The second-order valence-electron chi connectivity index (χ2n) is 10.3. The normalized spacial score (nSPS) is 15.7. The molecule has 2 amide bonds. The van der Waals surface area contributed by atoms with Crippen molar-refractivity contribution >= 4 is 34.6 Å². The van der Waals surface area contributed by atoms with Crippen LogP contribution in [0.2, 0.25) is 0 Å². The molecule has 0 aliphatic carbocycles. The van der Waals surface area contributed by atoms with Gasteiger partial charge < -0.3 is 20.2 Å². The highest BCUT2D eigenvalue weighted by Crippen LogP contribution is 2.38. The van der Waals surface area contributed by atoms with E-state index in [0.29, 0.717) is 10.6 Å². The molecule has 0 bridgehead atoms. The number of nitrogens with one attached hydrogen (secondary N) is 1. The van der Waals surface area contributed by atoms with Crippen LogP contribution in [0.25, 0.3) is 0 Å². The van der Waals surface area contributed by atoms with Gasteiger partial charge in [-0.3, -0.25) is 9.59 Å². The third-order valence-electron chi connectivity index (χ3n) is 7.12. The van der Waals surface area contributed by atoms with E-state index < -0.39 is 47.3 Å². The van der Waals surface area contributed by atoms with Crippen LogP contribution < -0.4 is 20.1 Å². The van der Waals surface area contributed by atoms with Crippen LogP contribution in [0, 0.1) is 0 Å². The minimum atomic E-state index is -4.72. The Morgan fingerprint density at radius 1 is 1.00 bits per heavy atom. The summed E-state index contributed by atoms with van der Waals surface area (Å²) >= 11 is 0. The molecule has 0 spiro atoms. The lowest BCUT2D eigenvalue weighted by molar-refractivity contribution is -0.137. The van der Waals surface area contributed by atoms with Gasteiger partial charge in [-0.05, 0) is 42.8 Å². The summed E-state index contributed by atoms with van der Waals surface area (Å²) in [6.07, 6.45) is -6.34. The van der Waals surface area contributed by atoms with Gasteiger partial charge in [0.1, 0.15) is 5.71 Å². The molecule has 0 radical (unpaired) electrons. The van der Waals surface area contributed by atoms with E-state index in [9.17, 15) is 27.9 Å². The lowest BCUT2D eigenvalue weighted by atomic mass is 9.85. The smallest absolute Gasteiger partial charge is 0.388 e. The van der Waals surface area contributed by atoms with Crippen molar-refractivity contribution in [3.8, 4) is 0 Å². The summed E-state index contributed by atoms with van der Waals surface area (Å²) in [5, 5.41) is 18.9. The van der Waals surface area contributed by atoms with Crippen molar-refractivity contribution in [3.63, 3.8) is 0 Å². The topological polar surface area (TPSA) is 88.5 Å². The highest BCUT2D eigenvalue weighted by molar-refractivity contribution is 6.44. The first-order valence-electron chi connectivity index (χ1n) is 12.9. The first-order chi connectivity index (χ1) is 19.3. The fourth-order valence-corrected chi connectivity index (χ4v) is 4.64. The van der Waals surface area contributed by atoms with E-state index in [1.807, 2.05) is 55.2 Å². The minimum absolute atomic E-state index is 0.124. The van der Waals surface area contributed by atoms with E-state index in [4.69, 9.17) is 0 Å². The molecule has 2 atom stereocenters. The van der Waals surface area contributed by atoms with Gasteiger partial charge in [0, 0.05) is 39.1 Å². The molecule has 1 aliphatic rings. The van der Waals surface area contributed by atoms with Crippen LogP contribution in [0.5, 0.6) is 0 Å². The molecule has 1 aliphatic heterocycles. The van der Waals surface area contributed by atoms with E-state index in [0.717, 1.165) is 23.5 Å². The van der Waals surface area contributed by atoms with E-state index in [-0.39, 0.29) is 12.3 Å². The Labute approximate surface area is 236 Å². The molecular weight excluding hydrogens is 535 g/mol. The number of carbonyl (C=O) groups is 2. The second-order valence-corrected chi connectivity index (χ2v) is 10.3. The molecule has 1 heterocycles. The van der Waals surface area contributed by atoms with Crippen molar-refractivity contribution in [1.29, 1.82) is 0 Å². The third-order valence-corrected chi connectivity index (χ3v) is 7.12. The number of amides is 2. The average molecular weight is 568 g/mol. The number of para-hydroxylation sites is 1. The maximum atomic E-state index is 13.6. The Morgan fingerprint density at radius 2 is 1.63 bits per heavy atom. The van der Waals surface area contributed by atoms with Gasteiger partial charge in [0.15, 0.2) is 0 Å². The maximum absolute atomic E-state index is 13.6. The molecule has 0 aromatic heterocycles. The summed E-state index contributed by atoms with van der Waals surface area (Å²) < 4.78 is 40.7. The summed E-state index contributed by atoms with van der Waals surface area (Å²) in [6, 6.07) is 21.1. The van der Waals surface area contributed by atoms with Gasteiger partial charge in [0.25, 0.3) is 11.8 Å². The summed E-state index contributed by atoms with van der Waals surface area (Å²) in [5.41, 5.74) is -0.668. The minimum Gasteiger partial charge on any atom is -0.388 e. The number of rotatable bonds is 9. The number of alkyl halides is 3. The first-order valence-corrected chi connectivity index (χ1v) is 12.9. The number of aliphatic hydroxyl groups is 1. The van der Waals surface area contributed by atoms with Crippen LogP contribution in [-0.2, 0) is 21.3 Å². The lowest BCUT2D eigenvalue weighted by Crippen LogP contribution is -2.56. The van der Waals surface area contributed by atoms with Crippen molar-refractivity contribution < 1.29 is 27.9 Å². The van der Waals surface area contributed by atoms with Crippen molar-refractivity contribution in [2.75, 3.05) is 42.5 Å². The zero-order valence-electron chi connectivity index (χ0n) is 23.2. The zero-order chi connectivity index (χ0) is 29.9. The third kappa shape index (κ3) is 6.35. The van der Waals surface area contributed by atoms with E-state index >= 15 is 0 Å². The largest absolute Gasteiger partial charge is 0.418 e. The number of hydrogen-bond donors (Lipinski definition) is 2. The molecule has 11 heteroatoms. The average Bonchev–Trinajstić information content (AvgIpc) is 3.34. The van der Waals surface area contributed by atoms with Crippen molar-refractivity contribution in [1.82, 2.24) is 5.32 Å². The molecule has 2 N–H and O–H groups in total. The number of benzene rings is 3. The van der Waals surface area contributed by atoms with Crippen molar-refractivity contribution in [3.05, 3.63) is 90.0 Å². The number of halogens is 3. The van der Waals surface area contributed by atoms with Gasteiger partial charge >= 0.3 is 6.18 Å². The highest BCUT2D eigenvalue weighted by Gasteiger charge is 2.41. The van der Waals surface area contributed by atoms with Crippen molar-refractivity contribution in [2.45, 2.75) is 31.2 Å². The van der Waals surface area contributed by atoms with Crippen LogP contribution in [0.1, 0.15) is 24.5 Å². The quantitative estimate of drug-likeness (QED) is 0.401. The summed E-state index contributed by atoms with van der Waals surface area (Å²) in [6.45, 7) is 1.78. The van der Waals surface area contributed by atoms with Crippen LogP contribution in [0.15, 0.2) is 84.0 Å². The molecule has 8 nitrogen and oxygen atoms in total. The molecule has 0 unspecified atom stereocenters. The monoisotopic (exact) mass is 567 g/mol. The van der Waals surface area contributed by atoms with Gasteiger partial charge in [-0.2, -0.15) is 23.3 Å². The maximum Gasteiger partial charge on any atom is 0.418 e. The molecule has 216 valence electrons. The molecule has 3 aromatic rings. The number of nitrogens with zero attached hydrogens (tertiary/aromatic N) is 4. The Hall–Kier alpha value is -4.38. The summed E-state index contributed by atoms with van der Waals surface area (Å²) in [7, 11) is 5.67. The molecule has 0 fully saturated rings. The summed E-state index contributed by atoms with van der Waals surface area (Å²) in [5.74, 6) is -1.54. The fraction of sp³-hybridized carbons (Fsp3) is 0.300. The zero-order valence-corrected chi connectivity index (χ0v) is 23.2. The van der Waals surface area contributed by atoms with Gasteiger partial charge in [0.05, 0.1) is 29.3 Å². The lowest BCUT2D eigenvalue weighted by Gasteiger charge is -2.38. The number of aliphatic hydroxyl groups excluding tert-OH is 1. The molecule has 0 saturated carbocycles. The van der Waals surface area contributed by atoms with Gasteiger partial charge in [0.2, 0.25) is 0 Å². The SMILES string of the molecule is CN(C)c1cccc(N(C)C[C@@H](O)[C@@](C)(NC(=O)C2=NN(c3ccccc3C(F)(F)F)C(=O)C2)c2ccccc2)c1. The van der Waals surface area contributed by atoms with Gasteiger partial charge in [-0.15, -0.1) is 0 Å². The Morgan fingerprint density at radius 3 is 2.29 bits per heavy atom. The molecule has 3 aromatic carbocycles. The van der Waals surface area contributed by atoms with Crippen LogP contribution >= 0.6 is 0 Å². The van der Waals surface area contributed by atoms with Gasteiger partial charge in [-0.1, -0.05) is 48.5 Å². The van der Waals surface area contributed by atoms with E-state index in [1.54, 1.807) is 37.3 Å². The van der Waals surface area contributed by atoms with Crippen LogP contribution in [0.4, 0.5) is 30.2 Å². The Kier molecular flexibility index (Phi) is 8.39.